The largest absolute Gasteiger partial charge is 0.495 e. The van der Waals surface area contributed by atoms with Gasteiger partial charge in [-0.25, -0.2) is 9.18 Å². The van der Waals surface area contributed by atoms with Crippen molar-refractivity contribution in [2.45, 2.75) is 45.7 Å². The molecule has 0 unspecified atom stereocenters. The number of rotatable bonds is 10. The molecule has 3 aromatic heterocycles. The Morgan fingerprint density at radius 1 is 1.19 bits per heavy atom. The topological polar surface area (TPSA) is 131 Å². The number of hydrogen-bond acceptors (Lipinski definition) is 9. The molecule has 3 heterocycles. The Hall–Kier alpha value is -4.01. The van der Waals surface area contributed by atoms with Crippen molar-refractivity contribution in [1.82, 2.24) is 24.3 Å². The zero-order valence-electron chi connectivity index (χ0n) is 20.2. The van der Waals surface area contributed by atoms with Gasteiger partial charge in [0.15, 0.2) is 29.3 Å². The van der Waals surface area contributed by atoms with Crippen LogP contribution in [0, 0.1) is 5.82 Å². The van der Waals surface area contributed by atoms with Crippen molar-refractivity contribution in [3.8, 4) is 23.2 Å². The Bertz CT molecular complexity index is 1330. The van der Waals surface area contributed by atoms with E-state index in [0.717, 1.165) is 4.57 Å². The standard InChI is InChI=1S/C22H23F4N5O6/c1-5-30-18(10-32)29-31(21(30)34)19-14(23)6-12(20(28-19)37-11(2)22(24,25)26)15(33)7-13-16(35-3)8-27-9-17(13)36-4/h6,8-9,11,32H,5,7,10H2,1-4H3/t11-/m0/s1. The number of nitrogens with zero attached hydrogens (tertiary/aromatic N) is 5. The molecular weight excluding hydrogens is 506 g/mol. The van der Waals surface area contributed by atoms with Crippen LogP contribution in [0.4, 0.5) is 17.6 Å². The highest BCUT2D eigenvalue weighted by atomic mass is 19.4. The second-order valence-corrected chi connectivity index (χ2v) is 7.58. The second-order valence-electron chi connectivity index (χ2n) is 7.58. The highest BCUT2D eigenvalue weighted by molar-refractivity contribution is 6.00. The van der Waals surface area contributed by atoms with E-state index < -0.39 is 59.9 Å². The lowest BCUT2D eigenvalue weighted by molar-refractivity contribution is -0.190. The highest BCUT2D eigenvalue weighted by Crippen LogP contribution is 2.32. The van der Waals surface area contributed by atoms with Crippen LogP contribution in [-0.2, 0) is 19.6 Å². The van der Waals surface area contributed by atoms with Crippen LogP contribution >= 0.6 is 0 Å². The molecule has 15 heteroatoms. The average molecular weight is 529 g/mol. The zero-order valence-corrected chi connectivity index (χ0v) is 20.2. The Labute approximate surface area is 207 Å². The maximum absolute atomic E-state index is 15.2. The van der Waals surface area contributed by atoms with Gasteiger partial charge in [0.05, 0.1) is 32.2 Å². The Balaban J connectivity index is 2.17. The van der Waals surface area contributed by atoms with Gasteiger partial charge in [0.25, 0.3) is 0 Å². The van der Waals surface area contributed by atoms with Crippen molar-refractivity contribution < 1.29 is 41.7 Å². The summed E-state index contributed by atoms with van der Waals surface area (Å²) in [4.78, 5) is 33.5. The van der Waals surface area contributed by atoms with Crippen molar-refractivity contribution in [3.63, 3.8) is 0 Å². The molecular formula is C22H23F4N5O6. The molecule has 0 aliphatic rings. The van der Waals surface area contributed by atoms with Gasteiger partial charge < -0.3 is 19.3 Å². The first-order valence-electron chi connectivity index (χ1n) is 10.8. The number of carbonyl (C=O) groups excluding carboxylic acids is 1. The van der Waals surface area contributed by atoms with Crippen LogP contribution < -0.4 is 19.9 Å². The van der Waals surface area contributed by atoms with Crippen LogP contribution in [0.3, 0.4) is 0 Å². The Morgan fingerprint density at radius 3 is 2.30 bits per heavy atom. The molecule has 1 N–H and O–H groups in total. The predicted molar refractivity (Wildman–Crippen MR) is 119 cm³/mol. The number of ketones is 1. The lowest BCUT2D eigenvalue weighted by Crippen LogP contribution is -2.32. The van der Waals surface area contributed by atoms with Crippen molar-refractivity contribution >= 4 is 5.78 Å². The number of aromatic nitrogens is 5. The minimum absolute atomic E-state index is 0.0664. The molecule has 0 spiro atoms. The minimum atomic E-state index is -4.85. The fourth-order valence-corrected chi connectivity index (χ4v) is 3.38. The summed E-state index contributed by atoms with van der Waals surface area (Å²) in [5, 5.41) is 13.2. The first kappa shape index (κ1) is 27.6. The van der Waals surface area contributed by atoms with Crippen LogP contribution in [0.1, 0.15) is 35.6 Å². The Kier molecular flexibility index (Phi) is 8.15. The number of methoxy groups -OCH3 is 2. The summed E-state index contributed by atoms with van der Waals surface area (Å²) in [6.45, 7) is 1.64. The van der Waals surface area contributed by atoms with E-state index >= 15 is 4.39 Å². The van der Waals surface area contributed by atoms with E-state index in [9.17, 15) is 27.9 Å². The van der Waals surface area contributed by atoms with Crippen molar-refractivity contribution in [2.24, 2.45) is 0 Å². The van der Waals surface area contributed by atoms with Crippen molar-refractivity contribution in [2.75, 3.05) is 14.2 Å². The molecule has 37 heavy (non-hydrogen) atoms. The van der Waals surface area contributed by atoms with Crippen molar-refractivity contribution in [3.05, 3.63) is 51.7 Å². The van der Waals surface area contributed by atoms with Gasteiger partial charge in [-0.05, 0) is 19.9 Å². The average Bonchev–Trinajstić information content (AvgIpc) is 3.19. The Morgan fingerprint density at radius 2 is 1.81 bits per heavy atom. The molecule has 11 nitrogen and oxygen atoms in total. The van der Waals surface area contributed by atoms with E-state index in [4.69, 9.17) is 14.2 Å². The lowest BCUT2D eigenvalue weighted by Gasteiger charge is -2.19. The van der Waals surface area contributed by atoms with Crippen LogP contribution in [0.2, 0.25) is 0 Å². The summed E-state index contributed by atoms with van der Waals surface area (Å²) < 4.78 is 71.8. The smallest absolute Gasteiger partial charge is 0.425 e. The van der Waals surface area contributed by atoms with Gasteiger partial charge >= 0.3 is 11.9 Å². The summed E-state index contributed by atoms with van der Waals surface area (Å²) in [5.74, 6) is -3.64. The van der Waals surface area contributed by atoms with Crippen LogP contribution in [0.25, 0.3) is 5.82 Å². The summed E-state index contributed by atoms with van der Waals surface area (Å²) >= 11 is 0. The number of ether oxygens (including phenoxy) is 3. The number of pyridine rings is 2. The van der Waals surface area contributed by atoms with E-state index in [1.807, 2.05) is 0 Å². The monoisotopic (exact) mass is 529 g/mol. The van der Waals surface area contributed by atoms with E-state index in [1.165, 1.54) is 26.6 Å². The van der Waals surface area contributed by atoms with E-state index in [2.05, 4.69) is 15.1 Å². The first-order chi connectivity index (χ1) is 17.5. The molecule has 0 radical (unpaired) electrons. The summed E-state index contributed by atoms with van der Waals surface area (Å²) in [6.07, 6.45) is -5.19. The van der Waals surface area contributed by atoms with Crippen molar-refractivity contribution in [1.29, 1.82) is 0 Å². The molecule has 0 aliphatic carbocycles. The molecule has 0 saturated heterocycles. The third-order valence-corrected chi connectivity index (χ3v) is 5.33. The molecule has 0 bridgehead atoms. The lowest BCUT2D eigenvalue weighted by atomic mass is 10.0. The van der Waals surface area contributed by atoms with Crippen LogP contribution in [0.15, 0.2) is 23.3 Å². The van der Waals surface area contributed by atoms with Crippen LogP contribution in [0.5, 0.6) is 17.4 Å². The molecule has 0 amide bonds. The van der Waals surface area contributed by atoms with E-state index in [-0.39, 0.29) is 29.4 Å². The van der Waals surface area contributed by atoms with Gasteiger partial charge in [0.1, 0.15) is 18.1 Å². The number of Topliss-reactive ketones (excluding diaryl/α,β-unsaturated/α-hetero) is 1. The molecule has 0 fully saturated rings. The molecule has 3 rings (SSSR count). The third-order valence-electron chi connectivity index (χ3n) is 5.33. The van der Waals surface area contributed by atoms with Gasteiger partial charge in [-0.3, -0.25) is 14.3 Å². The second kappa shape index (κ2) is 10.9. The first-order valence-corrected chi connectivity index (χ1v) is 10.8. The normalized spacial score (nSPS) is 12.4. The van der Waals surface area contributed by atoms with Gasteiger partial charge in [0, 0.05) is 18.5 Å². The SMILES string of the molecule is CCn1c(CO)nn(-c2nc(O[C@@H](C)C(F)(F)F)c(C(=O)Cc3c(OC)cncc3OC)cc2F)c1=O. The van der Waals surface area contributed by atoms with E-state index in [0.29, 0.717) is 17.7 Å². The maximum atomic E-state index is 15.2. The summed E-state index contributed by atoms with van der Waals surface area (Å²) in [5.41, 5.74) is -1.32. The van der Waals surface area contributed by atoms with Gasteiger partial charge in [-0.15, -0.1) is 5.10 Å². The number of aliphatic hydroxyl groups excluding tert-OH is 1. The minimum Gasteiger partial charge on any atom is -0.495 e. The number of alkyl halides is 3. The predicted octanol–water partition coefficient (Wildman–Crippen LogP) is 2.25. The molecule has 1 atom stereocenters. The fourth-order valence-electron chi connectivity index (χ4n) is 3.38. The van der Waals surface area contributed by atoms with Gasteiger partial charge in [0.2, 0.25) is 5.88 Å². The maximum Gasteiger partial charge on any atom is 0.425 e. The molecule has 200 valence electrons. The number of aliphatic hydroxyl groups is 1. The van der Waals surface area contributed by atoms with Crippen LogP contribution in [-0.4, -0.2) is 61.7 Å². The van der Waals surface area contributed by atoms with Gasteiger partial charge in [-0.1, -0.05) is 0 Å². The van der Waals surface area contributed by atoms with E-state index in [1.54, 1.807) is 6.92 Å². The summed E-state index contributed by atoms with van der Waals surface area (Å²) in [6, 6.07) is 0.610. The highest BCUT2D eigenvalue weighted by Gasteiger charge is 2.39. The number of hydrogen-bond donors (Lipinski definition) is 1. The van der Waals surface area contributed by atoms with Gasteiger partial charge in [-0.2, -0.15) is 22.8 Å². The molecule has 0 aliphatic heterocycles. The fraction of sp³-hybridized carbons (Fsp3) is 0.409. The molecule has 0 saturated carbocycles. The number of halogens is 4. The summed E-state index contributed by atoms with van der Waals surface area (Å²) in [7, 11) is 2.63. The quantitative estimate of drug-likeness (QED) is 0.310. The number of carbonyl (C=O) groups is 1. The molecule has 3 aromatic rings. The third kappa shape index (κ3) is 5.55. The zero-order chi connectivity index (χ0) is 27.5. The molecule has 0 aromatic carbocycles.